The first-order valence-electron chi connectivity index (χ1n) is 5.30. The van der Waals surface area contributed by atoms with Crippen LogP contribution in [0.5, 0.6) is 11.5 Å². The van der Waals surface area contributed by atoms with E-state index in [2.05, 4.69) is 0 Å². The summed E-state index contributed by atoms with van der Waals surface area (Å²) >= 11 is 0. The third-order valence-electron chi connectivity index (χ3n) is 3.12. The Morgan fingerprint density at radius 3 is 2.29 bits per heavy atom. The van der Waals surface area contributed by atoms with E-state index in [4.69, 9.17) is 9.47 Å². The van der Waals surface area contributed by atoms with E-state index in [0.717, 1.165) is 22.8 Å². The molecule has 17 heavy (non-hydrogen) atoms. The van der Waals surface area contributed by atoms with Gasteiger partial charge in [0.05, 0.1) is 25.4 Å². The highest BCUT2D eigenvalue weighted by molar-refractivity contribution is 5.94. The van der Waals surface area contributed by atoms with Gasteiger partial charge in [-0.25, -0.2) is 0 Å². The highest BCUT2D eigenvalue weighted by Gasteiger charge is 2.14. The minimum absolute atomic E-state index is 0.665. The fraction of sp³-hybridized carbons (Fsp3) is 0.308. The van der Waals surface area contributed by atoms with Crippen molar-refractivity contribution in [1.82, 2.24) is 4.57 Å². The Labute approximate surface area is 99.7 Å². The van der Waals surface area contributed by atoms with Gasteiger partial charge in [0.2, 0.25) is 0 Å². The minimum Gasteiger partial charge on any atom is -0.493 e. The van der Waals surface area contributed by atoms with Crippen LogP contribution >= 0.6 is 0 Å². The summed E-state index contributed by atoms with van der Waals surface area (Å²) in [6, 6.07) is 3.78. The van der Waals surface area contributed by atoms with Gasteiger partial charge in [-0.15, -0.1) is 0 Å². The number of methoxy groups -OCH3 is 2. The smallest absolute Gasteiger partial charge is 0.166 e. The predicted molar refractivity (Wildman–Crippen MR) is 66.1 cm³/mol. The maximum Gasteiger partial charge on any atom is 0.166 e. The molecule has 2 aromatic rings. The number of rotatable bonds is 3. The third-order valence-corrected chi connectivity index (χ3v) is 3.12. The highest BCUT2D eigenvalue weighted by atomic mass is 16.5. The monoisotopic (exact) mass is 233 g/mol. The molecular formula is C13H15NO3. The van der Waals surface area contributed by atoms with Gasteiger partial charge in [0.15, 0.2) is 17.8 Å². The summed E-state index contributed by atoms with van der Waals surface area (Å²) < 4.78 is 12.4. The Morgan fingerprint density at radius 1 is 1.18 bits per heavy atom. The average molecular weight is 233 g/mol. The SMILES string of the molecule is COc1cc2c(C)c(C=O)n(C)c2cc1OC. The predicted octanol–water partition coefficient (Wildman–Crippen LogP) is 2.32. The zero-order chi connectivity index (χ0) is 12.6. The van der Waals surface area contributed by atoms with E-state index < -0.39 is 0 Å². The van der Waals surface area contributed by atoms with Crippen molar-refractivity contribution in [2.75, 3.05) is 14.2 Å². The second kappa shape index (κ2) is 4.13. The highest BCUT2D eigenvalue weighted by Crippen LogP contribution is 2.35. The molecule has 1 aromatic carbocycles. The lowest BCUT2D eigenvalue weighted by molar-refractivity contribution is 0.111. The first-order chi connectivity index (χ1) is 8.13. The van der Waals surface area contributed by atoms with Gasteiger partial charge >= 0.3 is 0 Å². The van der Waals surface area contributed by atoms with Crippen LogP contribution in [0.3, 0.4) is 0 Å². The second-order valence-corrected chi connectivity index (χ2v) is 3.91. The summed E-state index contributed by atoms with van der Waals surface area (Å²) in [7, 11) is 5.06. The quantitative estimate of drug-likeness (QED) is 0.764. The first kappa shape index (κ1) is 11.5. The van der Waals surface area contributed by atoms with Gasteiger partial charge in [0.1, 0.15) is 0 Å². The maximum atomic E-state index is 11.0. The van der Waals surface area contributed by atoms with E-state index in [-0.39, 0.29) is 0 Å². The molecule has 0 saturated heterocycles. The fourth-order valence-electron chi connectivity index (χ4n) is 2.13. The topological polar surface area (TPSA) is 40.5 Å². The minimum atomic E-state index is 0.665. The molecule has 0 fully saturated rings. The van der Waals surface area contributed by atoms with Crippen LogP contribution in [-0.2, 0) is 7.05 Å². The number of hydrogen-bond acceptors (Lipinski definition) is 3. The zero-order valence-corrected chi connectivity index (χ0v) is 10.4. The molecule has 1 aromatic heterocycles. The lowest BCUT2D eigenvalue weighted by Crippen LogP contribution is -1.95. The Hall–Kier alpha value is -1.97. The van der Waals surface area contributed by atoms with Gasteiger partial charge in [-0.2, -0.15) is 0 Å². The maximum absolute atomic E-state index is 11.0. The van der Waals surface area contributed by atoms with Crippen molar-refractivity contribution in [3.05, 3.63) is 23.4 Å². The van der Waals surface area contributed by atoms with Gasteiger partial charge in [-0.05, 0) is 18.6 Å². The molecule has 0 unspecified atom stereocenters. The van der Waals surface area contributed by atoms with Crippen LogP contribution in [0.25, 0.3) is 10.9 Å². The molecule has 4 heteroatoms. The van der Waals surface area contributed by atoms with E-state index >= 15 is 0 Å². The number of nitrogens with zero attached hydrogens (tertiary/aromatic N) is 1. The molecule has 4 nitrogen and oxygen atoms in total. The summed E-state index contributed by atoms with van der Waals surface area (Å²) in [4.78, 5) is 11.0. The van der Waals surface area contributed by atoms with Crippen LogP contribution in [0, 0.1) is 6.92 Å². The van der Waals surface area contributed by atoms with Gasteiger partial charge in [0, 0.05) is 18.5 Å². The molecule has 1 heterocycles. The van der Waals surface area contributed by atoms with Crippen molar-refractivity contribution in [2.24, 2.45) is 7.05 Å². The Kier molecular flexibility index (Phi) is 2.79. The van der Waals surface area contributed by atoms with E-state index in [1.54, 1.807) is 14.2 Å². The summed E-state index contributed by atoms with van der Waals surface area (Å²) in [6.07, 6.45) is 0.869. The zero-order valence-electron chi connectivity index (χ0n) is 10.4. The molecule has 0 amide bonds. The molecule has 0 aliphatic rings. The number of hydrogen-bond donors (Lipinski definition) is 0. The lowest BCUT2D eigenvalue weighted by atomic mass is 10.1. The van der Waals surface area contributed by atoms with E-state index in [9.17, 15) is 4.79 Å². The molecule has 0 spiro atoms. The molecular weight excluding hydrogens is 218 g/mol. The number of aldehydes is 1. The Bertz CT molecular complexity index is 537. The molecule has 2 rings (SSSR count). The molecule has 0 N–H and O–H groups in total. The fourth-order valence-corrected chi connectivity index (χ4v) is 2.13. The van der Waals surface area contributed by atoms with Gasteiger partial charge in [-0.3, -0.25) is 4.79 Å². The number of ether oxygens (including phenoxy) is 2. The second-order valence-electron chi connectivity index (χ2n) is 3.91. The Balaban J connectivity index is 2.85. The van der Waals surface area contributed by atoms with Crippen molar-refractivity contribution in [3.8, 4) is 11.5 Å². The molecule has 0 atom stereocenters. The van der Waals surface area contributed by atoms with Crippen molar-refractivity contribution in [1.29, 1.82) is 0 Å². The van der Waals surface area contributed by atoms with E-state index in [0.29, 0.717) is 17.2 Å². The number of benzene rings is 1. The van der Waals surface area contributed by atoms with Crippen LogP contribution in [0.1, 0.15) is 16.1 Å². The number of aromatic nitrogens is 1. The summed E-state index contributed by atoms with van der Waals surface area (Å²) in [5.41, 5.74) is 2.59. The van der Waals surface area contributed by atoms with Crippen LogP contribution in [0.4, 0.5) is 0 Å². The van der Waals surface area contributed by atoms with Crippen molar-refractivity contribution in [2.45, 2.75) is 6.92 Å². The summed E-state index contributed by atoms with van der Waals surface area (Å²) in [6.45, 7) is 1.93. The number of fused-ring (bicyclic) bond motifs is 1. The standard InChI is InChI=1S/C13H15NO3/c1-8-9-5-12(16-3)13(17-4)6-10(9)14(2)11(8)7-15/h5-7H,1-4H3. The van der Waals surface area contributed by atoms with Crippen LogP contribution in [-0.4, -0.2) is 25.1 Å². The Morgan fingerprint density at radius 2 is 1.76 bits per heavy atom. The lowest BCUT2D eigenvalue weighted by Gasteiger charge is -2.08. The summed E-state index contributed by atoms with van der Waals surface area (Å²) in [5, 5.41) is 1.01. The average Bonchev–Trinajstić information content (AvgIpc) is 2.59. The van der Waals surface area contributed by atoms with Crippen molar-refractivity contribution < 1.29 is 14.3 Å². The van der Waals surface area contributed by atoms with Crippen LogP contribution < -0.4 is 9.47 Å². The van der Waals surface area contributed by atoms with Gasteiger partial charge in [-0.1, -0.05) is 0 Å². The molecule has 90 valence electrons. The molecule has 0 aliphatic heterocycles. The number of aryl methyl sites for hydroxylation is 2. The third kappa shape index (κ3) is 1.56. The summed E-state index contributed by atoms with van der Waals surface area (Å²) in [5.74, 6) is 1.34. The van der Waals surface area contributed by atoms with E-state index in [1.807, 2.05) is 30.7 Å². The molecule has 0 saturated carbocycles. The van der Waals surface area contributed by atoms with Crippen LogP contribution in [0.15, 0.2) is 12.1 Å². The van der Waals surface area contributed by atoms with Crippen LogP contribution in [0.2, 0.25) is 0 Å². The molecule has 0 radical (unpaired) electrons. The first-order valence-corrected chi connectivity index (χ1v) is 5.30. The normalized spacial score (nSPS) is 10.6. The number of carbonyl (C=O) groups excluding carboxylic acids is 1. The molecule has 0 bridgehead atoms. The van der Waals surface area contributed by atoms with E-state index in [1.165, 1.54) is 0 Å². The van der Waals surface area contributed by atoms with Gasteiger partial charge in [0.25, 0.3) is 0 Å². The van der Waals surface area contributed by atoms with Crippen molar-refractivity contribution in [3.63, 3.8) is 0 Å². The largest absolute Gasteiger partial charge is 0.493 e. The van der Waals surface area contributed by atoms with Crippen molar-refractivity contribution >= 4 is 17.2 Å². The number of carbonyl (C=O) groups is 1. The molecule has 0 aliphatic carbocycles. The van der Waals surface area contributed by atoms with Gasteiger partial charge < -0.3 is 14.0 Å².